The van der Waals surface area contributed by atoms with Crippen LogP contribution in [-0.4, -0.2) is 64.4 Å². The number of carbonyl (C=O) groups excluding carboxylic acids is 1. The Morgan fingerprint density at radius 1 is 1.27 bits per heavy atom. The van der Waals surface area contributed by atoms with E-state index in [2.05, 4.69) is 23.7 Å². The number of thiophene rings is 1. The molecule has 3 heterocycles. The van der Waals surface area contributed by atoms with E-state index >= 15 is 0 Å². The molecule has 1 saturated carbocycles. The van der Waals surface area contributed by atoms with Crippen molar-refractivity contribution in [2.45, 2.75) is 95.2 Å². The first-order chi connectivity index (χ1) is 15.9. The van der Waals surface area contributed by atoms with Gasteiger partial charge in [0.2, 0.25) is 5.91 Å². The van der Waals surface area contributed by atoms with Crippen molar-refractivity contribution >= 4 is 27.5 Å². The lowest BCUT2D eigenvalue weighted by atomic mass is 9.91. The fraction of sp³-hybridized carbons (Fsp3) is 0.680. The first kappa shape index (κ1) is 23.0. The van der Waals surface area contributed by atoms with Crippen molar-refractivity contribution in [3.05, 3.63) is 22.7 Å². The van der Waals surface area contributed by atoms with Crippen LogP contribution in [-0.2, 0) is 16.0 Å². The summed E-state index contributed by atoms with van der Waals surface area (Å²) in [6.45, 7) is 6.37. The van der Waals surface area contributed by atoms with Crippen molar-refractivity contribution in [2.75, 3.05) is 13.1 Å². The Labute approximate surface area is 199 Å². The van der Waals surface area contributed by atoms with Gasteiger partial charge in [-0.2, -0.15) is 0 Å². The van der Waals surface area contributed by atoms with Gasteiger partial charge in [-0.1, -0.05) is 0 Å². The van der Waals surface area contributed by atoms with Gasteiger partial charge < -0.3 is 20.3 Å². The summed E-state index contributed by atoms with van der Waals surface area (Å²) < 4.78 is 12.5. The van der Waals surface area contributed by atoms with Crippen molar-refractivity contribution in [1.82, 2.24) is 9.88 Å². The largest absolute Gasteiger partial charge is 0.490 e. The number of primary amides is 1. The van der Waals surface area contributed by atoms with Crippen molar-refractivity contribution in [1.29, 1.82) is 0 Å². The quantitative estimate of drug-likeness (QED) is 0.668. The Bertz CT molecular complexity index is 993. The molecule has 2 aromatic heterocycles. The number of aliphatic hydroxyl groups is 1. The first-order valence-electron chi connectivity index (χ1n) is 12.3. The molecule has 1 aliphatic heterocycles. The van der Waals surface area contributed by atoms with E-state index in [1.165, 1.54) is 10.4 Å². The third kappa shape index (κ3) is 4.76. The fourth-order valence-corrected chi connectivity index (χ4v) is 7.33. The highest BCUT2D eigenvalue weighted by Gasteiger charge is 2.34. The van der Waals surface area contributed by atoms with Gasteiger partial charge in [0.25, 0.3) is 0 Å². The molecule has 180 valence electrons. The highest BCUT2D eigenvalue weighted by atomic mass is 32.1. The fourth-order valence-electron chi connectivity index (χ4n) is 6.07. The van der Waals surface area contributed by atoms with Crippen molar-refractivity contribution in [3.8, 4) is 5.75 Å². The molecule has 2 aliphatic carbocycles. The van der Waals surface area contributed by atoms with Crippen LogP contribution in [0.1, 0.15) is 68.7 Å². The number of nitrogens with zero attached hydrogens (tertiary/aromatic N) is 2. The molecule has 1 saturated heterocycles. The summed E-state index contributed by atoms with van der Waals surface area (Å²) in [6, 6.07) is 2.59. The zero-order valence-electron chi connectivity index (χ0n) is 19.5. The number of hydrogen-bond acceptors (Lipinski definition) is 7. The van der Waals surface area contributed by atoms with Crippen molar-refractivity contribution < 1.29 is 19.4 Å². The number of pyridine rings is 1. The second-order valence-corrected chi connectivity index (χ2v) is 11.2. The predicted molar refractivity (Wildman–Crippen MR) is 129 cm³/mol. The van der Waals surface area contributed by atoms with Crippen LogP contribution in [0.5, 0.6) is 5.75 Å². The number of aromatic nitrogens is 1. The van der Waals surface area contributed by atoms with E-state index in [0.717, 1.165) is 67.6 Å². The lowest BCUT2D eigenvalue weighted by Crippen LogP contribution is -2.51. The highest BCUT2D eigenvalue weighted by molar-refractivity contribution is 7.19. The molecule has 3 N–H and O–H groups in total. The van der Waals surface area contributed by atoms with Crippen molar-refractivity contribution in [3.63, 3.8) is 0 Å². The average Bonchev–Trinajstić information content (AvgIpc) is 3.33. The average molecular weight is 474 g/mol. The maximum Gasteiger partial charge on any atom is 0.246 e. The Hall–Kier alpha value is -1.74. The van der Waals surface area contributed by atoms with Crippen LogP contribution >= 0.6 is 11.3 Å². The smallest absolute Gasteiger partial charge is 0.246 e. The molecule has 0 radical (unpaired) electrons. The lowest BCUT2D eigenvalue weighted by molar-refractivity contribution is -0.126. The number of carbonyl (C=O) groups is 1. The van der Waals surface area contributed by atoms with Gasteiger partial charge in [-0.25, -0.2) is 4.98 Å². The summed E-state index contributed by atoms with van der Waals surface area (Å²) in [6.07, 6.45) is 8.15. The Balaban J connectivity index is 1.29. The van der Waals surface area contributed by atoms with Crippen LogP contribution in [0.25, 0.3) is 10.2 Å². The minimum absolute atomic E-state index is 0.115. The molecule has 0 unspecified atom stereocenters. The van der Waals surface area contributed by atoms with Gasteiger partial charge >= 0.3 is 0 Å². The van der Waals surface area contributed by atoms with E-state index in [1.54, 1.807) is 11.3 Å². The van der Waals surface area contributed by atoms with E-state index < -0.39 is 12.0 Å². The van der Waals surface area contributed by atoms with E-state index in [0.29, 0.717) is 24.7 Å². The maximum atomic E-state index is 11.4. The molecular formula is C25H35N3O4S. The van der Waals surface area contributed by atoms with Gasteiger partial charge in [0, 0.05) is 30.2 Å². The van der Waals surface area contributed by atoms with Gasteiger partial charge in [0.15, 0.2) is 0 Å². The zero-order valence-corrected chi connectivity index (χ0v) is 20.4. The predicted octanol–water partition coefficient (Wildman–Crippen LogP) is 3.36. The number of fused-ring (bicyclic) bond motifs is 3. The monoisotopic (exact) mass is 473 g/mol. The van der Waals surface area contributed by atoms with Crippen molar-refractivity contribution in [2.24, 2.45) is 5.73 Å². The van der Waals surface area contributed by atoms with Gasteiger partial charge in [-0.15, -0.1) is 11.3 Å². The SMILES string of the molecule is C[C@@H]1CN(C2CCC(Oc3ccnc4sc5c(c34)[C@@H](C[C@H](O)C(N)=O)CC5)CC2)C[C@@H](C)O1. The molecule has 1 amide bonds. The zero-order chi connectivity index (χ0) is 23.1. The Morgan fingerprint density at radius 2 is 2.00 bits per heavy atom. The lowest BCUT2D eigenvalue weighted by Gasteiger charge is -2.42. The van der Waals surface area contributed by atoms with Crippen LogP contribution in [0.4, 0.5) is 0 Å². The second kappa shape index (κ2) is 9.49. The highest BCUT2D eigenvalue weighted by Crippen LogP contribution is 2.48. The van der Waals surface area contributed by atoms with Crippen LogP contribution in [0.15, 0.2) is 12.3 Å². The number of aryl methyl sites for hydroxylation is 1. The van der Waals surface area contributed by atoms with E-state index in [-0.39, 0.29) is 12.0 Å². The van der Waals surface area contributed by atoms with Crippen LogP contribution in [0, 0.1) is 0 Å². The number of rotatable bonds is 6. The van der Waals surface area contributed by atoms with E-state index in [1.807, 2.05) is 12.3 Å². The van der Waals surface area contributed by atoms with Gasteiger partial charge in [0.1, 0.15) is 16.7 Å². The number of aliphatic hydroxyl groups excluding tert-OH is 1. The topological polar surface area (TPSA) is 97.9 Å². The minimum Gasteiger partial charge on any atom is -0.490 e. The third-order valence-electron chi connectivity index (χ3n) is 7.53. The molecule has 3 aliphatic rings. The summed E-state index contributed by atoms with van der Waals surface area (Å²) >= 11 is 1.71. The molecule has 0 bridgehead atoms. The first-order valence-corrected chi connectivity index (χ1v) is 13.1. The van der Waals surface area contributed by atoms with E-state index in [4.69, 9.17) is 15.2 Å². The molecular weight excluding hydrogens is 438 g/mol. The van der Waals surface area contributed by atoms with Gasteiger partial charge in [-0.05, 0) is 76.3 Å². The number of ether oxygens (including phenoxy) is 2. The molecule has 5 rings (SSSR count). The van der Waals surface area contributed by atoms with E-state index in [9.17, 15) is 9.90 Å². The van der Waals surface area contributed by atoms with Gasteiger partial charge in [-0.3, -0.25) is 9.69 Å². The standard InChI is InChI=1S/C25H35N3O4S/c1-14-12-28(13-15(2)31-14)17-4-6-18(7-5-17)32-20-9-10-27-25-23(20)22-16(3-8-21(22)33-25)11-19(29)24(26)30/h9-10,14-19,29H,3-8,11-13H2,1-2H3,(H2,26,30)/t14-,15-,16-,17?,18?,19+/m1/s1. The Kier molecular flexibility index (Phi) is 6.62. The summed E-state index contributed by atoms with van der Waals surface area (Å²) in [7, 11) is 0. The number of hydrogen-bond donors (Lipinski definition) is 2. The molecule has 0 spiro atoms. The molecule has 33 heavy (non-hydrogen) atoms. The summed E-state index contributed by atoms with van der Waals surface area (Å²) in [5, 5.41) is 11.2. The molecule has 7 nitrogen and oxygen atoms in total. The van der Waals surface area contributed by atoms with Crippen LogP contribution in [0.2, 0.25) is 0 Å². The minimum atomic E-state index is -1.11. The van der Waals surface area contributed by atoms with Gasteiger partial charge in [0.05, 0.1) is 23.7 Å². The van der Waals surface area contributed by atoms with Crippen LogP contribution < -0.4 is 10.5 Å². The molecule has 0 aromatic carbocycles. The molecule has 2 fully saturated rings. The molecule has 4 atom stereocenters. The summed E-state index contributed by atoms with van der Waals surface area (Å²) in [4.78, 5) is 20.9. The number of amides is 1. The number of nitrogens with two attached hydrogens (primary N) is 1. The summed E-state index contributed by atoms with van der Waals surface area (Å²) in [5.41, 5.74) is 6.53. The molecule has 2 aromatic rings. The summed E-state index contributed by atoms with van der Waals surface area (Å²) in [5.74, 6) is 0.359. The second-order valence-electron chi connectivity index (χ2n) is 10.1. The number of morpholine rings is 1. The third-order valence-corrected chi connectivity index (χ3v) is 8.71. The van der Waals surface area contributed by atoms with Crippen LogP contribution in [0.3, 0.4) is 0 Å². The Morgan fingerprint density at radius 3 is 2.70 bits per heavy atom. The maximum absolute atomic E-state index is 11.4. The molecule has 8 heteroatoms. The normalized spacial score (nSPS) is 31.4.